The van der Waals surface area contributed by atoms with Crippen molar-refractivity contribution in [3.05, 3.63) is 73.5 Å². The van der Waals surface area contributed by atoms with Gasteiger partial charge in [-0.05, 0) is 24.1 Å². The van der Waals surface area contributed by atoms with Gasteiger partial charge in [-0.15, -0.1) is 11.8 Å². The molecule has 0 aliphatic heterocycles. The van der Waals surface area contributed by atoms with Crippen LogP contribution in [0.5, 0.6) is 0 Å². The maximum Gasteiger partial charge on any atom is 0.332 e. The van der Waals surface area contributed by atoms with E-state index < -0.39 is 11.2 Å². The molecule has 2 N–H and O–H groups in total. The molecule has 8 nitrogen and oxygen atoms in total. The number of nitrogen functional groups attached to an aromatic ring is 1. The summed E-state index contributed by atoms with van der Waals surface area (Å²) in [6, 6.07) is 7.38. The molecule has 0 aliphatic carbocycles. The van der Waals surface area contributed by atoms with E-state index in [0.717, 1.165) is 22.2 Å². The van der Waals surface area contributed by atoms with E-state index in [-0.39, 0.29) is 11.5 Å². The highest BCUT2D eigenvalue weighted by Gasteiger charge is 2.20. The zero-order valence-electron chi connectivity index (χ0n) is 17.1. The smallest absolute Gasteiger partial charge is 0.332 e. The second kappa shape index (κ2) is 9.44. The number of hydrogen-bond donors (Lipinski definition) is 1. The van der Waals surface area contributed by atoms with Crippen LogP contribution in [0.1, 0.15) is 24.1 Å². The number of benzene rings is 1. The van der Waals surface area contributed by atoms with Gasteiger partial charge in [0.15, 0.2) is 0 Å². The molecule has 160 valence electrons. The fourth-order valence-corrected chi connectivity index (χ4v) is 3.92. The lowest BCUT2D eigenvalue weighted by atomic mass is 10.2. The molecule has 1 aromatic carbocycles. The second-order valence-corrected chi connectivity index (χ2v) is 8.22. The maximum atomic E-state index is 12.9. The van der Waals surface area contributed by atoms with Gasteiger partial charge in [0.05, 0.1) is 17.3 Å². The normalized spacial score (nSPS) is 11.1. The molecule has 2 aromatic heterocycles. The van der Waals surface area contributed by atoms with Crippen LogP contribution in [0.4, 0.5) is 11.5 Å². The zero-order valence-corrected chi connectivity index (χ0v) is 18.7. The Bertz CT molecular complexity index is 1140. The van der Waals surface area contributed by atoms with Crippen molar-refractivity contribution in [2.45, 2.75) is 25.6 Å². The van der Waals surface area contributed by atoms with Crippen molar-refractivity contribution in [1.29, 1.82) is 0 Å². The van der Waals surface area contributed by atoms with Crippen LogP contribution in [0, 0.1) is 0 Å². The van der Waals surface area contributed by atoms with E-state index >= 15 is 0 Å². The van der Waals surface area contributed by atoms with Crippen LogP contribution in [0.25, 0.3) is 0 Å². The van der Waals surface area contributed by atoms with E-state index in [1.165, 1.54) is 11.6 Å². The van der Waals surface area contributed by atoms with Crippen LogP contribution in [-0.2, 0) is 32.8 Å². The molecule has 0 unspecified atom stereocenters. The number of thioether (sulfide) groups is 1. The van der Waals surface area contributed by atoms with E-state index in [1.54, 1.807) is 37.2 Å². The highest BCUT2D eigenvalue weighted by Crippen LogP contribution is 2.24. The molecule has 0 saturated carbocycles. The number of halogens is 1. The van der Waals surface area contributed by atoms with Crippen molar-refractivity contribution in [1.82, 2.24) is 14.1 Å². The highest BCUT2D eigenvalue weighted by atomic mass is 35.5. The minimum absolute atomic E-state index is 0.127. The van der Waals surface area contributed by atoms with Gasteiger partial charge in [-0.1, -0.05) is 30.7 Å². The number of rotatable bonds is 8. The number of oxazole rings is 1. The third-order valence-corrected chi connectivity index (χ3v) is 5.92. The number of aryl methyl sites for hydroxylation is 1. The van der Waals surface area contributed by atoms with Crippen molar-refractivity contribution >= 4 is 34.9 Å². The summed E-state index contributed by atoms with van der Waals surface area (Å²) in [7, 11) is 2.99. The molecule has 3 rings (SSSR count). The lowest BCUT2D eigenvalue weighted by Gasteiger charge is -2.26. The number of anilines is 2. The average Bonchev–Trinajstić information content (AvgIpc) is 3.20. The van der Waals surface area contributed by atoms with Crippen molar-refractivity contribution in [2.24, 2.45) is 14.1 Å². The Labute approximate surface area is 183 Å². The summed E-state index contributed by atoms with van der Waals surface area (Å²) in [5.41, 5.74) is 7.42. The highest BCUT2D eigenvalue weighted by molar-refractivity contribution is 7.98. The summed E-state index contributed by atoms with van der Waals surface area (Å²) in [4.78, 5) is 31.4. The topological polar surface area (TPSA) is 99.3 Å². The summed E-state index contributed by atoms with van der Waals surface area (Å²) in [5, 5.41) is 0.632. The Morgan fingerprint density at radius 1 is 1.20 bits per heavy atom. The molecular formula is C20H24ClN5O3S. The summed E-state index contributed by atoms with van der Waals surface area (Å²) in [6.45, 7) is 2.44. The first-order valence-corrected chi connectivity index (χ1v) is 10.9. The van der Waals surface area contributed by atoms with Crippen LogP contribution < -0.4 is 21.9 Å². The summed E-state index contributed by atoms with van der Waals surface area (Å²) in [5.74, 6) is 1.75. The van der Waals surface area contributed by atoms with Crippen LogP contribution >= 0.6 is 23.4 Å². The molecule has 3 aromatic rings. The van der Waals surface area contributed by atoms with E-state index in [1.807, 2.05) is 24.0 Å². The average molecular weight is 450 g/mol. The van der Waals surface area contributed by atoms with Crippen molar-refractivity contribution in [2.75, 3.05) is 16.5 Å². The molecule has 2 heterocycles. The van der Waals surface area contributed by atoms with E-state index in [4.69, 9.17) is 21.8 Å². The molecule has 10 heteroatoms. The van der Waals surface area contributed by atoms with E-state index in [9.17, 15) is 9.59 Å². The van der Waals surface area contributed by atoms with Gasteiger partial charge in [0.1, 0.15) is 17.8 Å². The predicted octanol–water partition coefficient (Wildman–Crippen LogP) is 2.77. The van der Waals surface area contributed by atoms with Gasteiger partial charge in [-0.3, -0.25) is 13.9 Å². The Kier molecular flexibility index (Phi) is 6.94. The molecule has 0 saturated heterocycles. The Balaban J connectivity index is 1.90. The lowest BCUT2D eigenvalue weighted by molar-refractivity contribution is 0.516. The molecule has 0 fully saturated rings. The third-order valence-electron chi connectivity index (χ3n) is 4.72. The monoisotopic (exact) mass is 449 g/mol. The number of aromatic nitrogens is 3. The Morgan fingerprint density at radius 3 is 2.53 bits per heavy atom. The fourth-order valence-electron chi connectivity index (χ4n) is 2.96. The Hall–Kier alpha value is -2.65. The zero-order chi connectivity index (χ0) is 21.8. The molecule has 0 spiro atoms. The third kappa shape index (κ3) is 4.73. The first kappa shape index (κ1) is 22.0. The van der Waals surface area contributed by atoms with Crippen LogP contribution in [0.15, 0.2) is 44.5 Å². The van der Waals surface area contributed by atoms with Gasteiger partial charge in [0, 0.05) is 25.7 Å². The number of nitrogens with zero attached hydrogens (tertiary/aromatic N) is 4. The van der Waals surface area contributed by atoms with E-state index in [0.29, 0.717) is 29.1 Å². The molecule has 0 atom stereocenters. The predicted molar refractivity (Wildman–Crippen MR) is 121 cm³/mol. The summed E-state index contributed by atoms with van der Waals surface area (Å²) >= 11 is 7.53. The quantitative estimate of drug-likeness (QED) is 0.528. The van der Waals surface area contributed by atoms with E-state index in [2.05, 4.69) is 4.98 Å². The van der Waals surface area contributed by atoms with Crippen LogP contribution in [-0.4, -0.2) is 20.0 Å². The van der Waals surface area contributed by atoms with Gasteiger partial charge in [0.25, 0.3) is 5.56 Å². The molecule has 0 aliphatic rings. The van der Waals surface area contributed by atoms with Gasteiger partial charge < -0.3 is 15.1 Å². The van der Waals surface area contributed by atoms with Crippen molar-refractivity contribution < 1.29 is 4.42 Å². The largest absolute Gasteiger partial charge is 0.448 e. The fraction of sp³-hybridized carbons (Fsp3) is 0.350. The van der Waals surface area contributed by atoms with Gasteiger partial charge in [-0.25, -0.2) is 9.78 Å². The molecule has 30 heavy (non-hydrogen) atoms. The summed E-state index contributed by atoms with van der Waals surface area (Å²) in [6.07, 6.45) is 2.46. The standard InChI is InChI=1S/C20H24ClN5O3S/c1-4-15-10-29-16(23-15)11-30-12-26(9-13-5-7-14(21)8-6-13)17-18(22)24(2)20(28)25(3)19(17)27/h5-8,10H,4,9,11-12,22H2,1-3H3. The first-order valence-electron chi connectivity index (χ1n) is 9.37. The molecule has 0 radical (unpaired) electrons. The number of nitrogens with two attached hydrogens (primary N) is 1. The maximum absolute atomic E-state index is 12.9. The van der Waals surface area contributed by atoms with Gasteiger partial charge in [-0.2, -0.15) is 0 Å². The van der Waals surface area contributed by atoms with Crippen LogP contribution in [0.2, 0.25) is 5.02 Å². The second-order valence-electron chi connectivity index (χ2n) is 6.83. The lowest BCUT2D eigenvalue weighted by Crippen LogP contribution is -2.42. The molecule has 0 bridgehead atoms. The minimum atomic E-state index is -0.466. The van der Waals surface area contributed by atoms with Crippen LogP contribution in [0.3, 0.4) is 0 Å². The van der Waals surface area contributed by atoms with Gasteiger partial charge in [0.2, 0.25) is 5.89 Å². The minimum Gasteiger partial charge on any atom is -0.448 e. The SMILES string of the molecule is CCc1coc(CSCN(Cc2ccc(Cl)cc2)c2c(N)n(C)c(=O)n(C)c2=O)n1. The summed E-state index contributed by atoms with van der Waals surface area (Å²) < 4.78 is 7.81. The van der Waals surface area contributed by atoms with Gasteiger partial charge >= 0.3 is 5.69 Å². The van der Waals surface area contributed by atoms with Crippen molar-refractivity contribution in [3.8, 4) is 0 Å². The molecular weight excluding hydrogens is 426 g/mol. The number of hydrogen-bond acceptors (Lipinski definition) is 7. The Morgan fingerprint density at radius 2 is 1.90 bits per heavy atom. The van der Waals surface area contributed by atoms with Crippen molar-refractivity contribution in [3.63, 3.8) is 0 Å². The molecule has 0 amide bonds. The first-order chi connectivity index (χ1) is 14.3.